The van der Waals surface area contributed by atoms with Crippen molar-refractivity contribution in [1.82, 2.24) is 0 Å². The molecule has 1 aromatic carbocycles. The number of benzene rings is 1. The highest BCUT2D eigenvalue weighted by molar-refractivity contribution is 6.10. The van der Waals surface area contributed by atoms with Gasteiger partial charge in [-0.25, -0.2) is 0 Å². The molecule has 2 aliphatic rings. The van der Waals surface area contributed by atoms with Gasteiger partial charge in [0.25, 0.3) is 5.91 Å². The van der Waals surface area contributed by atoms with Crippen LogP contribution in [0.2, 0.25) is 0 Å². The molecule has 0 bridgehead atoms. The number of hydrogen-bond donors (Lipinski definition) is 0. The molecule has 2 amide bonds. The summed E-state index contributed by atoms with van der Waals surface area (Å²) < 4.78 is 5.51. The van der Waals surface area contributed by atoms with Crippen molar-refractivity contribution in [2.75, 3.05) is 30.0 Å². The SMILES string of the molecule is C[C@@H]1CN(C(=O)C2=CCCCO2)c2ccccc2N(C)C1=O. The fourth-order valence-corrected chi connectivity index (χ4v) is 2.91. The van der Waals surface area contributed by atoms with Crippen molar-refractivity contribution in [2.24, 2.45) is 5.92 Å². The zero-order valence-electron chi connectivity index (χ0n) is 12.9. The van der Waals surface area contributed by atoms with Crippen LogP contribution in [0.5, 0.6) is 0 Å². The fraction of sp³-hybridized carbons (Fsp3) is 0.412. The van der Waals surface area contributed by atoms with Crippen LogP contribution in [0.3, 0.4) is 0 Å². The third-order valence-electron chi connectivity index (χ3n) is 4.13. The lowest BCUT2D eigenvalue weighted by Gasteiger charge is -2.26. The summed E-state index contributed by atoms with van der Waals surface area (Å²) >= 11 is 0. The number of rotatable bonds is 1. The molecule has 0 unspecified atom stereocenters. The first-order valence-corrected chi connectivity index (χ1v) is 7.61. The van der Waals surface area contributed by atoms with E-state index in [0.29, 0.717) is 18.9 Å². The Hall–Kier alpha value is -2.30. The van der Waals surface area contributed by atoms with E-state index in [1.807, 2.05) is 37.3 Å². The summed E-state index contributed by atoms with van der Waals surface area (Å²) in [5.74, 6) is -0.0146. The highest BCUT2D eigenvalue weighted by Crippen LogP contribution is 2.34. The number of allylic oxidation sites excluding steroid dienone is 1. The quantitative estimate of drug-likeness (QED) is 0.800. The average molecular weight is 300 g/mol. The Kier molecular flexibility index (Phi) is 3.88. The molecule has 0 N–H and O–H groups in total. The normalized spacial score (nSPS) is 21.6. The number of para-hydroxylation sites is 2. The van der Waals surface area contributed by atoms with Gasteiger partial charge in [-0.15, -0.1) is 0 Å². The van der Waals surface area contributed by atoms with Gasteiger partial charge in [0.05, 0.1) is 23.9 Å². The van der Waals surface area contributed by atoms with Crippen LogP contribution in [-0.4, -0.2) is 32.0 Å². The zero-order valence-corrected chi connectivity index (χ0v) is 12.9. The predicted molar refractivity (Wildman–Crippen MR) is 84.6 cm³/mol. The molecule has 2 heterocycles. The summed E-state index contributed by atoms with van der Waals surface area (Å²) in [5.41, 5.74) is 1.50. The molecule has 5 heteroatoms. The van der Waals surface area contributed by atoms with Gasteiger partial charge in [0.2, 0.25) is 5.91 Å². The summed E-state index contributed by atoms with van der Waals surface area (Å²) in [6, 6.07) is 7.49. The number of nitrogens with zero attached hydrogens (tertiary/aromatic N) is 2. The monoisotopic (exact) mass is 300 g/mol. The summed E-state index contributed by atoms with van der Waals surface area (Å²) in [6.45, 7) is 2.78. The van der Waals surface area contributed by atoms with E-state index in [-0.39, 0.29) is 17.7 Å². The maximum atomic E-state index is 12.8. The summed E-state index contributed by atoms with van der Waals surface area (Å²) in [5, 5.41) is 0. The van der Waals surface area contributed by atoms with Crippen molar-refractivity contribution in [3.05, 3.63) is 36.1 Å². The summed E-state index contributed by atoms with van der Waals surface area (Å²) in [7, 11) is 1.75. The Morgan fingerprint density at radius 3 is 2.68 bits per heavy atom. The van der Waals surface area contributed by atoms with Crippen LogP contribution in [0.4, 0.5) is 11.4 Å². The molecule has 0 spiro atoms. The molecule has 116 valence electrons. The number of anilines is 2. The lowest BCUT2D eigenvalue weighted by molar-refractivity contribution is -0.121. The van der Waals surface area contributed by atoms with Crippen LogP contribution in [-0.2, 0) is 14.3 Å². The van der Waals surface area contributed by atoms with E-state index in [1.54, 1.807) is 16.8 Å². The van der Waals surface area contributed by atoms with E-state index in [4.69, 9.17) is 4.74 Å². The molecular weight excluding hydrogens is 280 g/mol. The van der Waals surface area contributed by atoms with Crippen molar-refractivity contribution in [2.45, 2.75) is 19.8 Å². The minimum atomic E-state index is -0.259. The van der Waals surface area contributed by atoms with E-state index < -0.39 is 0 Å². The van der Waals surface area contributed by atoms with Gasteiger partial charge >= 0.3 is 0 Å². The highest BCUT2D eigenvalue weighted by atomic mass is 16.5. The Morgan fingerprint density at radius 2 is 2.00 bits per heavy atom. The van der Waals surface area contributed by atoms with Crippen molar-refractivity contribution < 1.29 is 14.3 Å². The molecule has 0 aromatic heterocycles. The minimum absolute atomic E-state index is 0.0151. The van der Waals surface area contributed by atoms with Crippen LogP contribution in [0.15, 0.2) is 36.1 Å². The van der Waals surface area contributed by atoms with E-state index in [1.165, 1.54) is 0 Å². The van der Waals surface area contributed by atoms with Crippen molar-refractivity contribution in [3.63, 3.8) is 0 Å². The van der Waals surface area contributed by atoms with Crippen LogP contribution in [0, 0.1) is 5.92 Å². The van der Waals surface area contributed by atoms with Gasteiger partial charge < -0.3 is 14.5 Å². The second-order valence-electron chi connectivity index (χ2n) is 5.76. The average Bonchev–Trinajstić information content (AvgIpc) is 2.66. The van der Waals surface area contributed by atoms with Crippen LogP contribution in [0.1, 0.15) is 19.8 Å². The third-order valence-corrected chi connectivity index (χ3v) is 4.13. The first kappa shape index (κ1) is 14.6. The standard InChI is InChI=1S/C17H20N2O3/c1-12-11-19(17(21)15-9-5-6-10-22-15)14-8-4-3-7-13(14)18(2)16(12)20/h3-4,7-9,12H,5-6,10-11H2,1-2H3/t12-/m1/s1. The topological polar surface area (TPSA) is 49.9 Å². The van der Waals surface area contributed by atoms with Crippen molar-refractivity contribution in [1.29, 1.82) is 0 Å². The van der Waals surface area contributed by atoms with Gasteiger partial charge in [-0.1, -0.05) is 19.1 Å². The Labute approximate surface area is 130 Å². The lowest BCUT2D eigenvalue weighted by Crippen LogP contribution is -2.38. The van der Waals surface area contributed by atoms with Gasteiger partial charge in [0, 0.05) is 13.6 Å². The number of ether oxygens (including phenoxy) is 1. The molecule has 2 aliphatic heterocycles. The molecular formula is C17H20N2O3. The number of hydrogen-bond acceptors (Lipinski definition) is 3. The van der Waals surface area contributed by atoms with Crippen LogP contribution in [0.25, 0.3) is 0 Å². The summed E-state index contributed by atoms with van der Waals surface area (Å²) in [4.78, 5) is 28.5. The Balaban J connectivity index is 2.02. The molecule has 3 rings (SSSR count). The first-order chi connectivity index (χ1) is 10.6. The molecule has 0 radical (unpaired) electrons. The van der Waals surface area contributed by atoms with E-state index in [9.17, 15) is 9.59 Å². The minimum Gasteiger partial charge on any atom is -0.488 e. The second kappa shape index (κ2) is 5.83. The maximum absolute atomic E-state index is 12.8. The van der Waals surface area contributed by atoms with Gasteiger partial charge in [-0.3, -0.25) is 9.59 Å². The highest BCUT2D eigenvalue weighted by Gasteiger charge is 2.33. The molecule has 5 nitrogen and oxygen atoms in total. The largest absolute Gasteiger partial charge is 0.488 e. The molecule has 0 fully saturated rings. The smallest absolute Gasteiger partial charge is 0.293 e. The van der Waals surface area contributed by atoms with Gasteiger partial charge in [-0.2, -0.15) is 0 Å². The van der Waals surface area contributed by atoms with Crippen molar-refractivity contribution >= 4 is 23.2 Å². The lowest BCUT2D eigenvalue weighted by atomic mass is 10.1. The van der Waals surface area contributed by atoms with Gasteiger partial charge in [-0.05, 0) is 31.1 Å². The predicted octanol–water partition coefficient (Wildman–Crippen LogP) is 2.33. The number of fused-ring (bicyclic) bond motifs is 1. The zero-order chi connectivity index (χ0) is 15.7. The van der Waals surface area contributed by atoms with Crippen LogP contribution < -0.4 is 9.80 Å². The van der Waals surface area contributed by atoms with E-state index >= 15 is 0 Å². The molecule has 22 heavy (non-hydrogen) atoms. The molecule has 0 aliphatic carbocycles. The Morgan fingerprint density at radius 1 is 1.27 bits per heavy atom. The fourth-order valence-electron chi connectivity index (χ4n) is 2.91. The summed E-state index contributed by atoms with van der Waals surface area (Å²) in [6.07, 6.45) is 3.63. The van der Waals surface area contributed by atoms with Gasteiger partial charge in [0.15, 0.2) is 5.76 Å². The van der Waals surface area contributed by atoms with E-state index in [0.717, 1.165) is 24.2 Å². The first-order valence-electron chi connectivity index (χ1n) is 7.61. The number of amides is 2. The second-order valence-corrected chi connectivity index (χ2v) is 5.76. The van der Waals surface area contributed by atoms with Gasteiger partial charge in [0.1, 0.15) is 0 Å². The number of carbonyl (C=O) groups excluding carboxylic acids is 2. The Bertz CT molecular complexity index is 639. The number of carbonyl (C=O) groups is 2. The molecule has 1 atom stereocenters. The van der Waals surface area contributed by atoms with Crippen molar-refractivity contribution in [3.8, 4) is 0 Å². The molecule has 0 saturated carbocycles. The van der Waals surface area contributed by atoms with E-state index in [2.05, 4.69) is 0 Å². The molecule has 1 aromatic rings. The van der Waals surface area contributed by atoms with Crippen LogP contribution >= 0.6 is 0 Å². The maximum Gasteiger partial charge on any atom is 0.293 e. The molecule has 0 saturated heterocycles. The third kappa shape index (κ3) is 2.47.